The van der Waals surface area contributed by atoms with E-state index in [0.29, 0.717) is 38.8 Å². The lowest BCUT2D eigenvalue weighted by atomic mass is 9.81. The fourth-order valence-electron chi connectivity index (χ4n) is 4.59. The van der Waals surface area contributed by atoms with Crippen molar-refractivity contribution in [3.8, 4) is 0 Å². The second-order valence-electron chi connectivity index (χ2n) is 7.96. The highest BCUT2D eigenvalue weighted by Crippen LogP contribution is 2.38. The monoisotopic (exact) mass is 488 g/mol. The number of carbonyl (C=O) groups excluding carboxylic acids is 2. The molecule has 5 rings (SSSR count). The molecular formula is C23H33ClN4O3S. The Bertz CT molecular complexity index is 1230. The molecule has 3 aliphatic rings. The van der Waals surface area contributed by atoms with Crippen LogP contribution in [-0.2, 0) is 9.59 Å². The summed E-state index contributed by atoms with van der Waals surface area (Å²) in [5.74, 6) is -2.39. The van der Waals surface area contributed by atoms with Crippen LogP contribution in [0.5, 0.6) is 0 Å². The Kier molecular flexibility index (Phi) is 5.45. The third-order valence-corrected chi connectivity index (χ3v) is 7.04. The quantitative estimate of drug-likeness (QED) is 0.583. The number of likely N-dealkylation sites (tertiary alicyclic amines) is 1. The van der Waals surface area contributed by atoms with Gasteiger partial charge in [-0.2, -0.15) is 4.37 Å². The number of anilines is 1. The number of halogens is 1. The van der Waals surface area contributed by atoms with E-state index in [2.05, 4.69) is 4.37 Å². The van der Waals surface area contributed by atoms with Gasteiger partial charge < -0.3 is 10.4 Å². The lowest BCUT2D eigenvalue weighted by molar-refractivity contribution is -0.140. The smallest absolute Gasteiger partial charge is 0.233 e. The maximum atomic E-state index is 13.0. The summed E-state index contributed by atoms with van der Waals surface area (Å²) in [6.45, 7) is -5.63. The third kappa shape index (κ3) is 4.78. The van der Waals surface area contributed by atoms with Gasteiger partial charge in [-0.05, 0) is 55.7 Å². The minimum atomic E-state index is -3.55. The van der Waals surface area contributed by atoms with E-state index in [1.54, 1.807) is 0 Å². The van der Waals surface area contributed by atoms with Crippen molar-refractivity contribution in [3.63, 3.8) is 0 Å². The molecule has 1 aliphatic carbocycles. The van der Waals surface area contributed by atoms with Crippen LogP contribution in [-0.4, -0.2) is 70.6 Å². The number of amides is 2. The van der Waals surface area contributed by atoms with Gasteiger partial charge in [-0.15, -0.1) is 12.4 Å². The van der Waals surface area contributed by atoms with Crippen LogP contribution in [0.15, 0.2) is 24.3 Å². The van der Waals surface area contributed by atoms with Gasteiger partial charge in [0.05, 0.1) is 16.5 Å². The Labute approximate surface area is 210 Å². The number of nitrogens with zero attached hydrogens (tertiary/aromatic N) is 4. The van der Waals surface area contributed by atoms with Crippen LogP contribution in [0.25, 0.3) is 10.1 Å². The van der Waals surface area contributed by atoms with Crippen LogP contribution in [0, 0.1) is 11.8 Å². The topological polar surface area (TPSA) is 88.2 Å². The van der Waals surface area contributed by atoms with Gasteiger partial charge in [0.15, 0.2) is 0 Å². The van der Waals surface area contributed by atoms with Crippen LogP contribution in [0.1, 0.15) is 49.4 Å². The molecule has 0 bridgehead atoms. The molecule has 176 valence electrons. The molecule has 2 aromatic rings. The van der Waals surface area contributed by atoms with Crippen LogP contribution >= 0.6 is 23.9 Å². The molecule has 2 atom stereocenters. The summed E-state index contributed by atoms with van der Waals surface area (Å²) in [4.78, 5) is 29.4. The van der Waals surface area contributed by atoms with E-state index in [0.717, 1.165) is 15.9 Å². The molecule has 0 spiro atoms. The first-order chi connectivity index (χ1) is 17.7. The first-order valence-electron chi connectivity index (χ1n) is 14.5. The van der Waals surface area contributed by atoms with Crippen molar-refractivity contribution in [1.29, 1.82) is 0 Å². The fraction of sp³-hybridized carbons (Fsp3) is 0.609. The highest BCUT2D eigenvalue weighted by Gasteiger charge is 2.47. The molecule has 1 saturated carbocycles. The Hall–Kier alpha value is -1.74. The van der Waals surface area contributed by atoms with E-state index in [1.165, 1.54) is 16.4 Å². The molecule has 7 nitrogen and oxygen atoms in total. The van der Waals surface area contributed by atoms with Crippen molar-refractivity contribution < 1.29 is 26.0 Å². The highest BCUT2D eigenvalue weighted by molar-refractivity contribution is 7.13. The Morgan fingerprint density at radius 2 is 1.59 bits per heavy atom. The summed E-state index contributed by atoms with van der Waals surface area (Å²) in [6.07, 6.45) is -4.77. The number of imide groups is 1. The van der Waals surface area contributed by atoms with E-state index >= 15 is 0 Å². The summed E-state index contributed by atoms with van der Waals surface area (Å²) in [7, 11) is 0. The zero-order valence-electron chi connectivity index (χ0n) is 25.5. The van der Waals surface area contributed by atoms with Crippen molar-refractivity contribution in [1.82, 2.24) is 14.2 Å². The van der Waals surface area contributed by atoms with E-state index in [-0.39, 0.29) is 35.9 Å². The van der Waals surface area contributed by atoms with Crippen molar-refractivity contribution in [2.75, 3.05) is 44.1 Å². The van der Waals surface area contributed by atoms with Crippen LogP contribution in [0.4, 0.5) is 5.82 Å². The van der Waals surface area contributed by atoms with Gasteiger partial charge in [-0.25, -0.2) is 0 Å². The molecular weight excluding hydrogens is 448 g/mol. The molecule has 2 amide bonds. The van der Waals surface area contributed by atoms with Gasteiger partial charge in [0.1, 0.15) is 5.82 Å². The lowest BCUT2D eigenvalue weighted by Gasteiger charge is -2.35. The number of carbonyl (C=O) groups is 2. The van der Waals surface area contributed by atoms with Crippen molar-refractivity contribution in [3.05, 3.63) is 24.3 Å². The van der Waals surface area contributed by atoms with Gasteiger partial charge in [0, 0.05) is 49.0 Å². The third-order valence-electron chi connectivity index (χ3n) is 6.22. The average molecular weight is 489 g/mol. The van der Waals surface area contributed by atoms with Crippen LogP contribution in [0.2, 0.25) is 0 Å². The molecule has 32 heavy (non-hydrogen) atoms. The number of piperazine rings is 1. The summed E-state index contributed by atoms with van der Waals surface area (Å²) < 4.78 is 74.1. The molecule has 2 aliphatic heterocycles. The standard InChI is InChI=1S/C23H30N4O2S.ClH.H2O/c28-22-17-7-1-2-8-18(17)23(29)27(22)12-6-5-11-25-13-15-26(16-14-25)21-19-9-3-4-10-20(19)30-24-21;;/h3-4,9-10,17-18H,1-2,5-8,11-16H2;1H;1H2/t17-,18+;;/i5D2,6D2,11D2,12D2;;. The van der Waals surface area contributed by atoms with Crippen LogP contribution in [0.3, 0.4) is 0 Å². The normalized spacial score (nSPS) is 29.2. The number of rotatable bonds is 6. The number of aromatic nitrogens is 1. The Morgan fingerprint density at radius 1 is 0.969 bits per heavy atom. The number of hydrogen-bond donors (Lipinski definition) is 0. The van der Waals surface area contributed by atoms with Crippen molar-refractivity contribution in [2.24, 2.45) is 11.8 Å². The van der Waals surface area contributed by atoms with Gasteiger partial charge >= 0.3 is 0 Å². The highest BCUT2D eigenvalue weighted by atomic mass is 35.5. The number of hydrogen-bond acceptors (Lipinski definition) is 6. The Morgan fingerprint density at radius 3 is 2.28 bits per heavy atom. The van der Waals surface area contributed by atoms with Gasteiger partial charge in [0.2, 0.25) is 11.8 Å². The van der Waals surface area contributed by atoms with E-state index < -0.39 is 49.4 Å². The maximum absolute atomic E-state index is 13.0. The SMILES string of the molecule is Cl.O.[2H]C([2H])(N1CCN(c2nsc3ccccc23)CC1)C([2H])([2H])C([2H])([2H])C([2H])([2H])N1C(=O)[C@H]2CCCC[C@H]2C1=O. The first-order valence-corrected chi connectivity index (χ1v) is 11.2. The molecule has 1 aromatic heterocycles. The summed E-state index contributed by atoms with van der Waals surface area (Å²) in [5.41, 5.74) is 0. The predicted octanol–water partition coefficient (Wildman–Crippen LogP) is 2.97. The zero-order chi connectivity index (χ0) is 27.7. The molecule has 2 N–H and O–H groups in total. The lowest BCUT2D eigenvalue weighted by Crippen LogP contribution is -2.46. The van der Waals surface area contributed by atoms with Gasteiger partial charge in [-0.1, -0.05) is 25.0 Å². The van der Waals surface area contributed by atoms with E-state index in [9.17, 15) is 9.59 Å². The number of fused-ring (bicyclic) bond motifs is 2. The predicted molar refractivity (Wildman–Crippen MR) is 131 cm³/mol. The van der Waals surface area contributed by atoms with Gasteiger partial charge in [-0.3, -0.25) is 19.4 Å². The van der Waals surface area contributed by atoms with E-state index in [1.807, 2.05) is 29.2 Å². The number of benzene rings is 1. The summed E-state index contributed by atoms with van der Waals surface area (Å²) in [5, 5.41) is 0.967. The minimum Gasteiger partial charge on any atom is -0.412 e. The van der Waals surface area contributed by atoms with Gasteiger partial charge in [0.25, 0.3) is 0 Å². The zero-order valence-corrected chi connectivity index (χ0v) is 19.2. The molecule has 0 radical (unpaired) electrons. The van der Waals surface area contributed by atoms with Crippen molar-refractivity contribution >= 4 is 51.7 Å². The average Bonchev–Trinajstić information content (AvgIpc) is 3.43. The molecule has 2 saturated heterocycles. The Balaban J connectivity index is 0.00000220. The second-order valence-corrected chi connectivity index (χ2v) is 8.76. The molecule has 9 heteroatoms. The molecule has 0 unspecified atom stereocenters. The molecule has 3 fully saturated rings. The second kappa shape index (κ2) is 10.9. The largest absolute Gasteiger partial charge is 0.412 e. The van der Waals surface area contributed by atoms with E-state index in [4.69, 9.17) is 11.0 Å². The minimum absolute atomic E-state index is 0. The first kappa shape index (κ1) is 16.0. The summed E-state index contributed by atoms with van der Waals surface area (Å²) in [6, 6.07) is 7.74. The molecule has 3 heterocycles. The van der Waals surface area contributed by atoms with Crippen molar-refractivity contribution in [2.45, 2.75) is 38.4 Å². The summed E-state index contributed by atoms with van der Waals surface area (Å²) >= 11 is 1.35. The molecule has 1 aromatic carbocycles. The van der Waals surface area contributed by atoms with Crippen LogP contribution < -0.4 is 4.90 Å². The fourth-order valence-corrected chi connectivity index (χ4v) is 5.39. The maximum Gasteiger partial charge on any atom is 0.233 e.